The van der Waals surface area contributed by atoms with E-state index in [-0.39, 0.29) is 23.6 Å². The summed E-state index contributed by atoms with van der Waals surface area (Å²) in [4.78, 5) is 41.7. The molecule has 1 heterocycles. The number of carbonyl (C=O) groups excluding carboxylic acids is 3. The van der Waals surface area contributed by atoms with Gasteiger partial charge in [-0.25, -0.2) is 4.79 Å². The van der Waals surface area contributed by atoms with Crippen molar-refractivity contribution in [1.82, 2.24) is 15.5 Å². The number of amides is 3. The van der Waals surface area contributed by atoms with Crippen LogP contribution in [0.25, 0.3) is 0 Å². The van der Waals surface area contributed by atoms with E-state index in [2.05, 4.69) is 10.6 Å². The molecule has 222 valence electrons. The number of nitrogens with zero attached hydrogens (tertiary/aromatic N) is 1. The molecular weight excluding hydrogens is 526 g/mol. The number of thioether (sulfide) groups is 1. The molecule has 3 rings (SSSR count). The van der Waals surface area contributed by atoms with Gasteiger partial charge in [-0.2, -0.15) is 0 Å². The van der Waals surface area contributed by atoms with E-state index in [4.69, 9.17) is 15.9 Å². The van der Waals surface area contributed by atoms with Gasteiger partial charge in [0, 0.05) is 29.5 Å². The van der Waals surface area contributed by atoms with E-state index in [0.29, 0.717) is 37.8 Å². The maximum atomic E-state index is 14.0. The average molecular weight is 574 g/mol. The molecule has 0 aromatic heterocycles. The first-order valence-corrected chi connectivity index (χ1v) is 15.6. The van der Waals surface area contributed by atoms with E-state index in [1.807, 2.05) is 51.1 Å². The standard InChI is InChI=1S/C30H47N5O4S/c1-4-5-18-39-29(38)34-25(30(2,3)40-20-22-10-7-6-8-11-22)28(37)35-17-9-12-24(35)27(36)33-19-21-13-15-23(16-14-21)26(31)32/h6-8,10-11,21,23-25H,4-5,9,12-20H2,1-3H3,(H3,31,32)(H,33,36)(H,34,38)/t21?,23?,24-,25-/m0/s1. The van der Waals surface area contributed by atoms with Crippen LogP contribution in [0.2, 0.25) is 0 Å². The first-order valence-electron chi connectivity index (χ1n) is 14.7. The normalized spacial score (nSPS) is 21.9. The fourth-order valence-electron chi connectivity index (χ4n) is 5.44. The number of hydrogen-bond acceptors (Lipinski definition) is 6. The van der Waals surface area contributed by atoms with Gasteiger partial charge in [0.05, 0.1) is 12.4 Å². The topological polar surface area (TPSA) is 138 Å². The van der Waals surface area contributed by atoms with Crippen LogP contribution in [0.4, 0.5) is 4.79 Å². The molecule has 1 aliphatic carbocycles. The summed E-state index contributed by atoms with van der Waals surface area (Å²) in [7, 11) is 0. The molecule has 5 N–H and O–H groups in total. The van der Waals surface area contributed by atoms with Crippen LogP contribution >= 0.6 is 11.8 Å². The van der Waals surface area contributed by atoms with Crippen LogP contribution in [0.3, 0.4) is 0 Å². The Balaban J connectivity index is 1.66. The number of alkyl carbamates (subject to hydrolysis) is 1. The van der Waals surface area contributed by atoms with E-state index in [1.165, 1.54) is 0 Å². The van der Waals surface area contributed by atoms with E-state index in [9.17, 15) is 14.4 Å². The molecule has 2 atom stereocenters. The van der Waals surface area contributed by atoms with Crippen molar-refractivity contribution in [2.24, 2.45) is 17.6 Å². The van der Waals surface area contributed by atoms with Crippen molar-refractivity contribution in [3.63, 3.8) is 0 Å². The van der Waals surface area contributed by atoms with Gasteiger partial charge in [0.2, 0.25) is 11.8 Å². The largest absolute Gasteiger partial charge is 0.450 e. The van der Waals surface area contributed by atoms with Gasteiger partial charge in [-0.15, -0.1) is 11.8 Å². The maximum Gasteiger partial charge on any atom is 0.407 e. The predicted molar refractivity (Wildman–Crippen MR) is 160 cm³/mol. The first-order chi connectivity index (χ1) is 19.1. The number of carbonyl (C=O) groups is 3. The number of ether oxygens (including phenoxy) is 1. The van der Waals surface area contributed by atoms with Gasteiger partial charge in [0.15, 0.2) is 0 Å². The molecule has 2 fully saturated rings. The molecule has 0 spiro atoms. The van der Waals surface area contributed by atoms with Crippen molar-refractivity contribution >= 4 is 35.5 Å². The molecule has 2 aliphatic rings. The van der Waals surface area contributed by atoms with Crippen molar-refractivity contribution in [2.45, 2.75) is 94.7 Å². The summed E-state index contributed by atoms with van der Waals surface area (Å²) in [6.07, 6.45) is 5.98. The molecule has 9 nitrogen and oxygen atoms in total. The third-order valence-corrected chi connectivity index (χ3v) is 9.54. The highest BCUT2D eigenvalue weighted by atomic mass is 32.2. The van der Waals surface area contributed by atoms with E-state index in [0.717, 1.165) is 50.5 Å². The van der Waals surface area contributed by atoms with Gasteiger partial charge in [-0.1, -0.05) is 43.7 Å². The Morgan fingerprint density at radius 2 is 1.85 bits per heavy atom. The lowest BCUT2D eigenvalue weighted by Crippen LogP contribution is -2.60. The summed E-state index contributed by atoms with van der Waals surface area (Å²) in [5, 5.41) is 13.6. The lowest BCUT2D eigenvalue weighted by Gasteiger charge is -2.37. The molecule has 0 bridgehead atoms. The number of amidine groups is 1. The Kier molecular flexibility index (Phi) is 12.2. The number of likely N-dealkylation sites (tertiary alicyclic amines) is 1. The summed E-state index contributed by atoms with van der Waals surface area (Å²) in [5.41, 5.74) is 6.80. The molecule has 10 heteroatoms. The second kappa shape index (κ2) is 15.3. The minimum Gasteiger partial charge on any atom is -0.450 e. The smallest absolute Gasteiger partial charge is 0.407 e. The van der Waals surface area contributed by atoms with Crippen LogP contribution in [-0.2, 0) is 20.1 Å². The van der Waals surface area contributed by atoms with Crippen LogP contribution in [0.1, 0.15) is 77.7 Å². The van der Waals surface area contributed by atoms with Crippen molar-refractivity contribution in [2.75, 3.05) is 19.7 Å². The fraction of sp³-hybridized carbons (Fsp3) is 0.667. The highest BCUT2D eigenvalue weighted by Crippen LogP contribution is 2.34. The lowest BCUT2D eigenvalue weighted by molar-refractivity contribution is -0.140. The highest BCUT2D eigenvalue weighted by molar-refractivity contribution is 7.99. The molecule has 1 saturated heterocycles. The quantitative estimate of drug-likeness (QED) is 0.156. The Labute approximate surface area is 243 Å². The second-order valence-corrected chi connectivity index (χ2v) is 13.2. The summed E-state index contributed by atoms with van der Waals surface area (Å²) in [5.74, 6) is 1.04. The average Bonchev–Trinajstić information content (AvgIpc) is 3.44. The highest BCUT2D eigenvalue weighted by Gasteiger charge is 2.44. The first kappa shape index (κ1) is 31.8. The Bertz CT molecular complexity index is 997. The molecule has 1 aromatic rings. The van der Waals surface area contributed by atoms with Crippen molar-refractivity contribution in [1.29, 1.82) is 5.41 Å². The van der Waals surface area contributed by atoms with E-state index in [1.54, 1.807) is 16.7 Å². The number of unbranched alkanes of at least 4 members (excludes halogenated alkanes) is 1. The molecule has 0 unspecified atom stereocenters. The van der Waals surface area contributed by atoms with Gasteiger partial charge in [-0.05, 0) is 70.3 Å². The van der Waals surface area contributed by atoms with Crippen molar-refractivity contribution in [3.05, 3.63) is 35.9 Å². The number of nitrogens with one attached hydrogen (secondary N) is 3. The zero-order valence-electron chi connectivity index (χ0n) is 24.2. The third-order valence-electron chi connectivity index (χ3n) is 8.08. The van der Waals surface area contributed by atoms with Crippen LogP contribution in [0.15, 0.2) is 30.3 Å². The Hall–Kier alpha value is -2.75. The Morgan fingerprint density at radius 1 is 1.15 bits per heavy atom. The summed E-state index contributed by atoms with van der Waals surface area (Å²) < 4.78 is 4.70. The Morgan fingerprint density at radius 3 is 2.50 bits per heavy atom. The van der Waals surface area contributed by atoms with Gasteiger partial charge in [0.1, 0.15) is 12.1 Å². The van der Waals surface area contributed by atoms with Gasteiger partial charge < -0.3 is 26.0 Å². The van der Waals surface area contributed by atoms with Gasteiger partial charge >= 0.3 is 6.09 Å². The van der Waals surface area contributed by atoms with Crippen LogP contribution in [0, 0.1) is 17.2 Å². The zero-order valence-corrected chi connectivity index (χ0v) is 25.1. The second-order valence-electron chi connectivity index (χ2n) is 11.6. The van der Waals surface area contributed by atoms with E-state index < -0.39 is 22.9 Å². The molecule has 1 saturated carbocycles. The molecule has 1 aromatic carbocycles. The fourth-order valence-corrected chi connectivity index (χ4v) is 6.50. The third kappa shape index (κ3) is 9.14. The lowest BCUT2D eigenvalue weighted by atomic mass is 9.81. The van der Waals surface area contributed by atoms with Crippen LogP contribution in [-0.4, -0.2) is 65.2 Å². The molecule has 3 amide bonds. The summed E-state index contributed by atoms with van der Waals surface area (Å²) in [6, 6.07) is 8.60. The summed E-state index contributed by atoms with van der Waals surface area (Å²) >= 11 is 1.60. The van der Waals surface area contributed by atoms with Crippen molar-refractivity contribution < 1.29 is 19.1 Å². The van der Waals surface area contributed by atoms with E-state index >= 15 is 0 Å². The number of nitrogens with two attached hydrogens (primary N) is 1. The number of hydrogen-bond donors (Lipinski definition) is 4. The molecule has 40 heavy (non-hydrogen) atoms. The monoisotopic (exact) mass is 573 g/mol. The SMILES string of the molecule is CCCCOC(=O)N[C@@H](C(=O)N1CCC[C@H]1C(=O)NCC1CCC(C(=N)N)CC1)C(C)(C)SCc1ccccc1. The predicted octanol–water partition coefficient (Wildman–Crippen LogP) is 4.44. The number of benzene rings is 1. The number of rotatable bonds is 13. The molecule has 1 aliphatic heterocycles. The van der Waals surface area contributed by atoms with Crippen LogP contribution in [0.5, 0.6) is 0 Å². The van der Waals surface area contributed by atoms with Gasteiger partial charge in [-0.3, -0.25) is 15.0 Å². The summed E-state index contributed by atoms with van der Waals surface area (Å²) in [6.45, 7) is 7.27. The van der Waals surface area contributed by atoms with Gasteiger partial charge in [0.25, 0.3) is 0 Å². The zero-order chi connectivity index (χ0) is 29.1. The molecular formula is C30H47N5O4S. The minimum atomic E-state index is -0.856. The minimum absolute atomic E-state index is 0.140. The maximum absolute atomic E-state index is 14.0. The van der Waals surface area contributed by atoms with Crippen molar-refractivity contribution in [3.8, 4) is 0 Å². The van der Waals surface area contributed by atoms with Crippen LogP contribution < -0.4 is 16.4 Å². The molecule has 0 radical (unpaired) electrons.